The molecule has 1 aliphatic rings. The summed E-state index contributed by atoms with van der Waals surface area (Å²) < 4.78 is 0. The number of carbonyl (C=O) groups is 1. The zero-order valence-corrected chi connectivity index (χ0v) is 15.6. The first-order chi connectivity index (χ1) is 11.5. The molecular formula is C22H34O2. The summed E-state index contributed by atoms with van der Waals surface area (Å²) in [6.07, 6.45) is 21.7. The SMILES string of the molecule is CCCCC(C)(C)C=CC=C1C(=O)C=C[C@@H]1C/C=C\CCCCO. The molecule has 134 valence electrons. The Bertz CT molecular complexity index is 492. The van der Waals surface area contributed by atoms with Crippen LogP contribution in [0.3, 0.4) is 0 Å². The number of ketones is 1. The Balaban J connectivity index is 2.56. The smallest absolute Gasteiger partial charge is 0.182 e. The second-order valence-electron chi connectivity index (χ2n) is 7.33. The summed E-state index contributed by atoms with van der Waals surface area (Å²) in [7, 11) is 0. The van der Waals surface area contributed by atoms with Crippen LogP contribution in [0.15, 0.2) is 48.1 Å². The van der Waals surface area contributed by atoms with Gasteiger partial charge in [0, 0.05) is 18.1 Å². The van der Waals surface area contributed by atoms with Crippen molar-refractivity contribution in [1.29, 1.82) is 0 Å². The Morgan fingerprint density at radius 2 is 2.00 bits per heavy atom. The average molecular weight is 331 g/mol. The fraction of sp³-hybridized carbons (Fsp3) is 0.591. The van der Waals surface area contributed by atoms with Gasteiger partial charge in [0.05, 0.1) is 0 Å². The Hall–Kier alpha value is -1.41. The van der Waals surface area contributed by atoms with Gasteiger partial charge < -0.3 is 5.11 Å². The van der Waals surface area contributed by atoms with E-state index in [2.05, 4.69) is 45.1 Å². The summed E-state index contributed by atoms with van der Waals surface area (Å²) in [6.45, 7) is 6.98. The van der Waals surface area contributed by atoms with Gasteiger partial charge in [0.25, 0.3) is 0 Å². The Morgan fingerprint density at radius 1 is 1.21 bits per heavy atom. The molecule has 2 heteroatoms. The fourth-order valence-corrected chi connectivity index (χ4v) is 2.86. The van der Waals surface area contributed by atoms with Gasteiger partial charge in [0.1, 0.15) is 0 Å². The highest BCUT2D eigenvalue weighted by molar-refractivity contribution is 6.07. The maximum atomic E-state index is 12.0. The van der Waals surface area contributed by atoms with E-state index in [0.29, 0.717) is 0 Å². The standard InChI is InChI=1S/C22H34O2/c1-4-5-16-22(2,3)17-11-13-20-19(14-15-21(20)24)12-9-7-6-8-10-18-23/h7,9,11,13-15,17,19,23H,4-6,8,10,12,16,18H2,1-3H3/b9-7-,17-11?,20-13?/t19-/m0/s1. The lowest BCUT2D eigenvalue weighted by Crippen LogP contribution is -2.06. The van der Waals surface area contributed by atoms with Crippen molar-refractivity contribution in [1.82, 2.24) is 0 Å². The van der Waals surface area contributed by atoms with E-state index in [1.54, 1.807) is 6.08 Å². The van der Waals surface area contributed by atoms with Gasteiger partial charge in [0.2, 0.25) is 0 Å². The normalized spacial score (nSPS) is 20.2. The van der Waals surface area contributed by atoms with E-state index >= 15 is 0 Å². The third-order valence-corrected chi connectivity index (χ3v) is 4.50. The van der Waals surface area contributed by atoms with Gasteiger partial charge in [-0.05, 0) is 43.6 Å². The van der Waals surface area contributed by atoms with E-state index in [4.69, 9.17) is 5.11 Å². The fourth-order valence-electron chi connectivity index (χ4n) is 2.86. The molecule has 0 aromatic heterocycles. The lowest BCUT2D eigenvalue weighted by Gasteiger charge is -2.19. The molecule has 0 saturated carbocycles. The first-order valence-corrected chi connectivity index (χ1v) is 9.38. The van der Waals surface area contributed by atoms with Crippen LogP contribution in [-0.4, -0.2) is 17.5 Å². The van der Waals surface area contributed by atoms with Gasteiger partial charge in [-0.1, -0.05) is 70.1 Å². The van der Waals surface area contributed by atoms with E-state index in [1.165, 1.54) is 19.3 Å². The molecule has 0 amide bonds. The second-order valence-corrected chi connectivity index (χ2v) is 7.33. The van der Waals surface area contributed by atoms with Crippen molar-refractivity contribution < 1.29 is 9.90 Å². The number of aliphatic hydroxyl groups excluding tert-OH is 1. The lowest BCUT2D eigenvalue weighted by atomic mass is 9.86. The van der Waals surface area contributed by atoms with E-state index in [-0.39, 0.29) is 23.7 Å². The zero-order chi connectivity index (χ0) is 17.8. The molecule has 0 unspecified atom stereocenters. The number of allylic oxidation sites excluding steroid dienone is 8. The quantitative estimate of drug-likeness (QED) is 0.306. The van der Waals surface area contributed by atoms with Crippen molar-refractivity contribution in [3.63, 3.8) is 0 Å². The van der Waals surface area contributed by atoms with Gasteiger partial charge >= 0.3 is 0 Å². The predicted octanol–water partition coefficient (Wildman–Crippen LogP) is 5.55. The first kappa shape index (κ1) is 20.6. The maximum absolute atomic E-state index is 12.0. The molecule has 1 N–H and O–H groups in total. The van der Waals surface area contributed by atoms with Crippen molar-refractivity contribution >= 4 is 5.78 Å². The van der Waals surface area contributed by atoms with Gasteiger partial charge in [-0.15, -0.1) is 0 Å². The number of hydrogen-bond donors (Lipinski definition) is 1. The number of carbonyl (C=O) groups excluding carboxylic acids is 1. The summed E-state index contributed by atoms with van der Waals surface area (Å²) in [5, 5.41) is 8.76. The summed E-state index contributed by atoms with van der Waals surface area (Å²) in [5.74, 6) is 0.347. The molecule has 2 nitrogen and oxygen atoms in total. The zero-order valence-electron chi connectivity index (χ0n) is 15.6. The molecule has 24 heavy (non-hydrogen) atoms. The molecule has 0 spiro atoms. The highest BCUT2D eigenvalue weighted by Crippen LogP contribution is 2.27. The molecule has 0 fully saturated rings. The molecule has 0 saturated heterocycles. The Labute approximate surface area is 148 Å². The van der Waals surface area contributed by atoms with E-state index in [9.17, 15) is 4.79 Å². The van der Waals surface area contributed by atoms with Gasteiger partial charge in [-0.25, -0.2) is 0 Å². The second kappa shape index (κ2) is 11.2. The monoisotopic (exact) mass is 330 g/mol. The molecule has 0 radical (unpaired) electrons. The van der Waals surface area contributed by atoms with E-state index < -0.39 is 0 Å². The van der Waals surface area contributed by atoms with Crippen LogP contribution < -0.4 is 0 Å². The van der Waals surface area contributed by atoms with Crippen LogP contribution in [0.1, 0.15) is 65.7 Å². The predicted molar refractivity (Wildman–Crippen MR) is 103 cm³/mol. The van der Waals surface area contributed by atoms with Crippen LogP contribution >= 0.6 is 0 Å². The lowest BCUT2D eigenvalue weighted by molar-refractivity contribution is -0.111. The third-order valence-electron chi connectivity index (χ3n) is 4.50. The summed E-state index contributed by atoms with van der Waals surface area (Å²) in [4.78, 5) is 12.0. The third kappa shape index (κ3) is 7.92. The molecule has 1 rings (SSSR count). The van der Waals surface area contributed by atoms with E-state index in [1.807, 2.05) is 12.2 Å². The van der Waals surface area contributed by atoms with Crippen molar-refractivity contribution in [2.75, 3.05) is 6.61 Å². The highest BCUT2D eigenvalue weighted by atomic mass is 16.2. The maximum Gasteiger partial charge on any atom is 0.182 e. The largest absolute Gasteiger partial charge is 0.396 e. The van der Waals surface area contributed by atoms with Crippen LogP contribution in [0, 0.1) is 11.3 Å². The van der Waals surface area contributed by atoms with Crippen LogP contribution in [0.2, 0.25) is 0 Å². The summed E-state index contributed by atoms with van der Waals surface area (Å²) >= 11 is 0. The molecule has 0 heterocycles. The number of rotatable bonds is 11. The molecule has 0 aliphatic heterocycles. The number of unbranched alkanes of at least 4 members (excludes halogenated alkanes) is 3. The summed E-state index contributed by atoms with van der Waals surface area (Å²) in [5.41, 5.74) is 1.09. The van der Waals surface area contributed by atoms with Crippen LogP contribution in [0.4, 0.5) is 0 Å². The topological polar surface area (TPSA) is 37.3 Å². The first-order valence-electron chi connectivity index (χ1n) is 9.38. The minimum absolute atomic E-state index is 0.143. The molecule has 0 aromatic carbocycles. The number of hydrogen-bond acceptors (Lipinski definition) is 2. The molecule has 0 bridgehead atoms. The molecule has 1 aliphatic carbocycles. The van der Waals surface area contributed by atoms with Crippen molar-refractivity contribution in [2.45, 2.75) is 65.7 Å². The van der Waals surface area contributed by atoms with Crippen LogP contribution in [0.5, 0.6) is 0 Å². The molecular weight excluding hydrogens is 296 g/mol. The minimum atomic E-state index is 0.143. The number of aliphatic hydroxyl groups is 1. The van der Waals surface area contributed by atoms with Gasteiger partial charge in [-0.2, -0.15) is 0 Å². The van der Waals surface area contributed by atoms with E-state index in [0.717, 1.165) is 31.3 Å². The van der Waals surface area contributed by atoms with Crippen LogP contribution in [-0.2, 0) is 4.79 Å². The van der Waals surface area contributed by atoms with Gasteiger partial charge in [-0.3, -0.25) is 4.79 Å². The van der Waals surface area contributed by atoms with Gasteiger partial charge in [0.15, 0.2) is 5.78 Å². The highest BCUT2D eigenvalue weighted by Gasteiger charge is 2.21. The Kier molecular flexibility index (Phi) is 9.63. The minimum Gasteiger partial charge on any atom is -0.396 e. The van der Waals surface area contributed by atoms with Crippen LogP contribution in [0.25, 0.3) is 0 Å². The molecule has 1 atom stereocenters. The Morgan fingerprint density at radius 3 is 2.71 bits per heavy atom. The molecule has 0 aromatic rings. The van der Waals surface area contributed by atoms with Crippen molar-refractivity contribution in [2.24, 2.45) is 11.3 Å². The average Bonchev–Trinajstić information content (AvgIpc) is 2.89. The van der Waals surface area contributed by atoms with Crippen molar-refractivity contribution in [3.8, 4) is 0 Å². The van der Waals surface area contributed by atoms with Crippen molar-refractivity contribution in [3.05, 3.63) is 48.1 Å². The summed E-state index contributed by atoms with van der Waals surface area (Å²) in [6, 6.07) is 0.